The monoisotopic (exact) mass is 221 g/mol. The minimum Gasteiger partial charge on any atom is -0.507 e. The molecule has 0 amide bonds. The summed E-state index contributed by atoms with van der Waals surface area (Å²) in [6.45, 7) is 7.94. The van der Waals surface area contributed by atoms with E-state index in [1.807, 2.05) is 13.8 Å². The van der Waals surface area contributed by atoms with Gasteiger partial charge in [0.1, 0.15) is 5.75 Å². The van der Waals surface area contributed by atoms with Crippen LogP contribution in [0.25, 0.3) is 0 Å². The van der Waals surface area contributed by atoms with Crippen molar-refractivity contribution in [3.05, 3.63) is 28.8 Å². The molecular weight excluding hydrogens is 202 g/mol. The summed E-state index contributed by atoms with van der Waals surface area (Å²) in [6.07, 6.45) is 0. The third-order valence-corrected chi connectivity index (χ3v) is 2.48. The Balaban J connectivity index is 2.84. The first-order chi connectivity index (χ1) is 7.41. The van der Waals surface area contributed by atoms with Crippen molar-refractivity contribution in [2.24, 2.45) is 0 Å². The highest BCUT2D eigenvalue weighted by atomic mass is 16.3. The summed E-state index contributed by atoms with van der Waals surface area (Å²) < 4.78 is 0. The highest BCUT2D eigenvalue weighted by Crippen LogP contribution is 2.22. The minimum absolute atomic E-state index is 0.0555. The van der Waals surface area contributed by atoms with E-state index in [0.717, 1.165) is 11.1 Å². The average Bonchev–Trinajstić information content (AvgIpc) is 2.21. The Bertz CT molecular complexity index is 374. The summed E-state index contributed by atoms with van der Waals surface area (Å²) in [5, 5.41) is 12.7. The van der Waals surface area contributed by atoms with E-state index in [1.54, 1.807) is 26.0 Å². The van der Waals surface area contributed by atoms with E-state index >= 15 is 0 Å². The molecule has 88 valence electrons. The van der Waals surface area contributed by atoms with E-state index in [2.05, 4.69) is 5.32 Å². The molecule has 0 aliphatic rings. The highest BCUT2D eigenvalue weighted by Gasteiger charge is 2.10. The number of benzene rings is 1. The lowest BCUT2D eigenvalue weighted by atomic mass is 10.0. The number of carbonyl (C=O) groups is 1. The van der Waals surface area contributed by atoms with Gasteiger partial charge in [0.05, 0.1) is 6.54 Å². The van der Waals surface area contributed by atoms with E-state index in [1.165, 1.54) is 0 Å². The van der Waals surface area contributed by atoms with Crippen molar-refractivity contribution in [1.82, 2.24) is 5.32 Å². The Morgan fingerprint density at radius 1 is 1.31 bits per heavy atom. The normalized spacial score (nSPS) is 10.8. The number of rotatable bonds is 4. The molecule has 0 saturated carbocycles. The van der Waals surface area contributed by atoms with Crippen LogP contribution < -0.4 is 5.32 Å². The van der Waals surface area contributed by atoms with Crippen molar-refractivity contribution in [2.45, 2.75) is 33.7 Å². The Morgan fingerprint density at radius 2 is 1.81 bits per heavy atom. The first kappa shape index (κ1) is 12.7. The molecule has 0 atom stereocenters. The highest BCUT2D eigenvalue weighted by molar-refractivity contribution is 5.98. The van der Waals surface area contributed by atoms with Crippen molar-refractivity contribution >= 4 is 5.78 Å². The zero-order valence-corrected chi connectivity index (χ0v) is 10.3. The number of Topliss-reactive ketones (excluding diaryl/α,β-unsaturated/α-hetero) is 1. The molecule has 0 radical (unpaired) electrons. The fourth-order valence-electron chi connectivity index (χ4n) is 1.52. The largest absolute Gasteiger partial charge is 0.507 e. The predicted molar refractivity (Wildman–Crippen MR) is 65.1 cm³/mol. The van der Waals surface area contributed by atoms with Crippen LogP contribution in [0.2, 0.25) is 0 Å². The van der Waals surface area contributed by atoms with Gasteiger partial charge in [0.2, 0.25) is 0 Å². The Kier molecular flexibility index (Phi) is 4.07. The molecule has 1 aromatic carbocycles. The lowest BCUT2D eigenvalue weighted by Gasteiger charge is -2.09. The van der Waals surface area contributed by atoms with Crippen LogP contribution >= 0.6 is 0 Å². The summed E-state index contributed by atoms with van der Waals surface area (Å²) in [5.41, 5.74) is 2.14. The molecule has 1 aromatic rings. The van der Waals surface area contributed by atoms with Crippen LogP contribution in [-0.4, -0.2) is 23.5 Å². The van der Waals surface area contributed by atoms with Crippen molar-refractivity contribution in [3.8, 4) is 5.75 Å². The van der Waals surface area contributed by atoms with E-state index in [-0.39, 0.29) is 11.5 Å². The summed E-state index contributed by atoms with van der Waals surface area (Å²) >= 11 is 0. The van der Waals surface area contributed by atoms with Gasteiger partial charge in [0, 0.05) is 11.6 Å². The van der Waals surface area contributed by atoms with Gasteiger partial charge >= 0.3 is 0 Å². The lowest BCUT2D eigenvalue weighted by molar-refractivity contribution is 0.0988. The predicted octanol–water partition coefficient (Wildman–Crippen LogP) is 2.19. The number of phenolic OH excluding ortho intramolecular Hbond substituents is 1. The molecule has 0 aliphatic heterocycles. The fourth-order valence-corrected chi connectivity index (χ4v) is 1.52. The molecule has 0 spiro atoms. The quantitative estimate of drug-likeness (QED) is 0.766. The van der Waals surface area contributed by atoms with Gasteiger partial charge in [0.15, 0.2) is 5.78 Å². The molecule has 0 bridgehead atoms. The van der Waals surface area contributed by atoms with Gasteiger partial charge < -0.3 is 10.4 Å². The summed E-state index contributed by atoms with van der Waals surface area (Å²) in [6, 6.07) is 3.75. The SMILES string of the molecule is Cc1cc(C(=O)CNC(C)C)cc(C)c1O. The van der Waals surface area contributed by atoms with E-state index in [9.17, 15) is 9.90 Å². The van der Waals surface area contributed by atoms with Crippen LogP contribution in [0.1, 0.15) is 35.3 Å². The Morgan fingerprint density at radius 3 is 2.25 bits per heavy atom. The van der Waals surface area contributed by atoms with E-state index < -0.39 is 0 Å². The summed E-state index contributed by atoms with van der Waals surface area (Å²) in [7, 11) is 0. The standard InChI is InChI=1S/C13H19NO2/c1-8(2)14-7-12(15)11-5-9(3)13(16)10(4)6-11/h5-6,8,14,16H,7H2,1-4H3. The molecule has 0 saturated heterocycles. The molecule has 1 rings (SSSR count). The third kappa shape index (κ3) is 3.07. The second kappa shape index (κ2) is 5.12. The number of hydrogen-bond acceptors (Lipinski definition) is 3. The number of aromatic hydroxyl groups is 1. The summed E-state index contributed by atoms with van der Waals surface area (Å²) in [5.74, 6) is 0.327. The topological polar surface area (TPSA) is 49.3 Å². The molecule has 0 fully saturated rings. The second-order valence-corrected chi connectivity index (χ2v) is 4.42. The molecular formula is C13H19NO2. The van der Waals surface area contributed by atoms with Gasteiger partial charge in [-0.05, 0) is 37.1 Å². The van der Waals surface area contributed by atoms with Crippen molar-refractivity contribution in [2.75, 3.05) is 6.54 Å². The number of nitrogens with one attached hydrogen (secondary N) is 1. The van der Waals surface area contributed by atoms with Gasteiger partial charge in [-0.2, -0.15) is 0 Å². The van der Waals surface area contributed by atoms with Crippen molar-refractivity contribution in [1.29, 1.82) is 0 Å². The van der Waals surface area contributed by atoms with Gasteiger partial charge in [-0.1, -0.05) is 13.8 Å². The van der Waals surface area contributed by atoms with Crippen molar-refractivity contribution < 1.29 is 9.90 Å². The van der Waals surface area contributed by atoms with Crippen LogP contribution in [0, 0.1) is 13.8 Å². The maximum Gasteiger partial charge on any atom is 0.176 e. The van der Waals surface area contributed by atoms with Crippen molar-refractivity contribution in [3.63, 3.8) is 0 Å². The fraction of sp³-hybridized carbons (Fsp3) is 0.462. The molecule has 0 unspecified atom stereocenters. The van der Waals surface area contributed by atoms with Gasteiger partial charge in [-0.3, -0.25) is 4.79 Å². The van der Waals surface area contributed by atoms with Gasteiger partial charge in [-0.15, -0.1) is 0 Å². The third-order valence-electron chi connectivity index (χ3n) is 2.48. The molecule has 2 N–H and O–H groups in total. The zero-order chi connectivity index (χ0) is 12.3. The maximum atomic E-state index is 11.8. The Hall–Kier alpha value is -1.35. The zero-order valence-electron chi connectivity index (χ0n) is 10.3. The van der Waals surface area contributed by atoms with E-state index in [0.29, 0.717) is 18.2 Å². The lowest BCUT2D eigenvalue weighted by Crippen LogP contribution is -2.29. The molecule has 16 heavy (non-hydrogen) atoms. The number of carbonyl (C=O) groups excluding carboxylic acids is 1. The molecule has 0 aliphatic carbocycles. The van der Waals surface area contributed by atoms with Crippen LogP contribution in [0.3, 0.4) is 0 Å². The first-order valence-electron chi connectivity index (χ1n) is 5.48. The smallest absolute Gasteiger partial charge is 0.176 e. The second-order valence-electron chi connectivity index (χ2n) is 4.42. The van der Waals surface area contributed by atoms with Crippen LogP contribution in [0.4, 0.5) is 0 Å². The maximum absolute atomic E-state index is 11.8. The number of hydrogen-bond donors (Lipinski definition) is 2. The first-order valence-corrected chi connectivity index (χ1v) is 5.48. The van der Waals surface area contributed by atoms with Crippen LogP contribution in [0.15, 0.2) is 12.1 Å². The number of phenols is 1. The number of aryl methyl sites for hydroxylation is 2. The Labute approximate surface area is 96.5 Å². The average molecular weight is 221 g/mol. The molecule has 0 heterocycles. The number of ketones is 1. The van der Waals surface area contributed by atoms with Crippen LogP contribution in [0.5, 0.6) is 5.75 Å². The van der Waals surface area contributed by atoms with E-state index in [4.69, 9.17) is 0 Å². The van der Waals surface area contributed by atoms with Gasteiger partial charge in [-0.25, -0.2) is 0 Å². The molecule has 3 heteroatoms. The summed E-state index contributed by atoms with van der Waals surface area (Å²) in [4.78, 5) is 11.8. The minimum atomic E-state index is 0.0555. The molecule has 0 aromatic heterocycles. The van der Waals surface area contributed by atoms with Gasteiger partial charge in [0.25, 0.3) is 0 Å². The molecule has 3 nitrogen and oxygen atoms in total. The van der Waals surface area contributed by atoms with Crippen LogP contribution in [-0.2, 0) is 0 Å².